The SMILES string of the molecule is Cc1ccc(S(=O)(=O)Oc2ccc(C)cc2[N+](=O)[O-])c(Cl)c1. The van der Waals surface area contributed by atoms with Crippen molar-refractivity contribution in [3.63, 3.8) is 0 Å². The van der Waals surface area contributed by atoms with Crippen LogP contribution in [-0.4, -0.2) is 13.3 Å². The van der Waals surface area contributed by atoms with Gasteiger partial charge in [0.1, 0.15) is 4.90 Å². The van der Waals surface area contributed by atoms with Gasteiger partial charge in [-0.15, -0.1) is 0 Å². The highest BCUT2D eigenvalue weighted by molar-refractivity contribution is 7.87. The number of nitro benzene ring substituents is 1. The molecular formula is C14H12ClNO5S. The van der Waals surface area contributed by atoms with Crippen LogP contribution in [-0.2, 0) is 10.1 Å². The van der Waals surface area contributed by atoms with E-state index in [0.717, 1.165) is 5.56 Å². The molecule has 0 aromatic heterocycles. The summed E-state index contributed by atoms with van der Waals surface area (Å²) < 4.78 is 29.4. The van der Waals surface area contributed by atoms with Crippen molar-refractivity contribution in [3.05, 3.63) is 62.7 Å². The third-order valence-electron chi connectivity index (χ3n) is 2.87. The van der Waals surface area contributed by atoms with Gasteiger partial charge in [-0.1, -0.05) is 23.7 Å². The number of hydrogen-bond acceptors (Lipinski definition) is 5. The quantitative estimate of drug-likeness (QED) is 0.481. The predicted octanol–water partition coefficient (Wildman–Crippen LogP) is 3.63. The first-order valence-corrected chi connectivity index (χ1v) is 7.95. The lowest BCUT2D eigenvalue weighted by Gasteiger charge is -2.09. The van der Waals surface area contributed by atoms with Gasteiger partial charge in [0.05, 0.1) is 9.95 Å². The van der Waals surface area contributed by atoms with Crippen LogP contribution in [0.25, 0.3) is 0 Å². The van der Waals surface area contributed by atoms with Crippen LogP contribution in [0.3, 0.4) is 0 Å². The number of hydrogen-bond donors (Lipinski definition) is 0. The van der Waals surface area contributed by atoms with Crippen molar-refractivity contribution in [1.82, 2.24) is 0 Å². The average Bonchev–Trinajstić information content (AvgIpc) is 2.39. The lowest BCUT2D eigenvalue weighted by molar-refractivity contribution is -0.385. The summed E-state index contributed by atoms with van der Waals surface area (Å²) in [6, 6.07) is 8.34. The Kier molecular flexibility index (Phi) is 4.39. The van der Waals surface area contributed by atoms with Crippen LogP contribution in [0.1, 0.15) is 11.1 Å². The summed E-state index contributed by atoms with van der Waals surface area (Å²) in [6.45, 7) is 3.41. The molecule has 0 aliphatic carbocycles. The second-order valence-electron chi connectivity index (χ2n) is 4.70. The zero-order chi connectivity index (χ0) is 16.5. The topological polar surface area (TPSA) is 86.5 Å². The maximum absolute atomic E-state index is 12.3. The van der Waals surface area contributed by atoms with Gasteiger partial charge in [-0.3, -0.25) is 10.1 Å². The fourth-order valence-electron chi connectivity index (χ4n) is 1.81. The fourth-order valence-corrected chi connectivity index (χ4v) is 3.33. The summed E-state index contributed by atoms with van der Waals surface area (Å²) in [5.41, 5.74) is 0.974. The number of halogens is 1. The molecular weight excluding hydrogens is 330 g/mol. The molecule has 0 amide bonds. The number of aryl methyl sites for hydroxylation is 2. The van der Waals surface area contributed by atoms with Crippen molar-refractivity contribution >= 4 is 27.4 Å². The Labute approximate surface area is 132 Å². The molecule has 2 rings (SSSR count). The van der Waals surface area contributed by atoms with Gasteiger partial charge in [-0.05, 0) is 43.2 Å². The second-order valence-corrected chi connectivity index (χ2v) is 6.62. The zero-order valence-electron chi connectivity index (χ0n) is 11.7. The first-order chi connectivity index (χ1) is 10.2. The smallest absolute Gasteiger partial charge is 0.340 e. The summed E-state index contributed by atoms with van der Waals surface area (Å²) in [7, 11) is -4.27. The van der Waals surface area contributed by atoms with Gasteiger partial charge >= 0.3 is 15.8 Å². The van der Waals surface area contributed by atoms with Gasteiger partial charge in [0, 0.05) is 6.07 Å². The summed E-state index contributed by atoms with van der Waals surface area (Å²) >= 11 is 5.91. The molecule has 116 valence electrons. The maximum atomic E-state index is 12.3. The molecule has 2 aromatic carbocycles. The van der Waals surface area contributed by atoms with Crippen LogP contribution in [0.5, 0.6) is 5.75 Å². The lowest BCUT2D eigenvalue weighted by atomic mass is 10.2. The monoisotopic (exact) mass is 341 g/mol. The maximum Gasteiger partial charge on any atom is 0.340 e. The fraction of sp³-hybridized carbons (Fsp3) is 0.143. The molecule has 0 fully saturated rings. The Balaban J connectivity index is 2.47. The van der Waals surface area contributed by atoms with Crippen LogP contribution in [0.2, 0.25) is 5.02 Å². The van der Waals surface area contributed by atoms with Crippen molar-refractivity contribution in [1.29, 1.82) is 0 Å². The Morgan fingerprint density at radius 1 is 1.09 bits per heavy atom. The minimum Gasteiger partial charge on any atom is -0.372 e. The van der Waals surface area contributed by atoms with E-state index in [-0.39, 0.29) is 15.7 Å². The summed E-state index contributed by atoms with van der Waals surface area (Å²) in [5.74, 6) is -0.354. The van der Waals surface area contributed by atoms with E-state index in [9.17, 15) is 18.5 Å². The lowest BCUT2D eigenvalue weighted by Crippen LogP contribution is -2.11. The van der Waals surface area contributed by atoms with Crippen LogP contribution in [0, 0.1) is 24.0 Å². The summed E-state index contributed by atoms with van der Waals surface area (Å²) in [5, 5.41) is 11.0. The minimum absolute atomic E-state index is 0.00485. The van der Waals surface area contributed by atoms with Crippen LogP contribution >= 0.6 is 11.6 Å². The van der Waals surface area contributed by atoms with Gasteiger partial charge in [0.2, 0.25) is 5.75 Å². The molecule has 6 nitrogen and oxygen atoms in total. The van der Waals surface area contributed by atoms with Crippen molar-refractivity contribution < 1.29 is 17.5 Å². The third kappa shape index (κ3) is 3.37. The van der Waals surface area contributed by atoms with E-state index in [4.69, 9.17) is 15.8 Å². The number of nitrogens with zero attached hydrogens (tertiary/aromatic N) is 1. The summed E-state index contributed by atoms with van der Waals surface area (Å²) in [6.07, 6.45) is 0. The Morgan fingerprint density at radius 2 is 1.68 bits per heavy atom. The summed E-state index contributed by atoms with van der Waals surface area (Å²) in [4.78, 5) is 10.1. The van der Waals surface area contributed by atoms with Crippen molar-refractivity contribution in [2.75, 3.05) is 0 Å². The van der Waals surface area contributed by atoms with Gasteiger partial charge in [0.25, 0.3) is 0 Å². The third-order valence-corrected chi connectivity index (χ3v) is 4.59. The molecule has 0 bridgehead atoms. The van der Waals surface area contributed by atoms with Gasteiger partial charge in [0.15, 0.2) is 0 Å². The van der Waals surface area contributed by atoms with Crippen molar-refractivity contribution in [2.45, 2.75) is 18.7 Å². The van der Waals surface area contributed by atoms with Crippen LogP contribution in [0.15, 0.2) is 41.3 Å². The van der Waals surface area contributed by atoms with Crippen LogP contribution < -0.4 is 4.18 Å². The minimum atomic E-state index is -4.27. The van der Waals surface area contributed by atoms with Gasteiger partial charge < -0.3 is 4.18 Å². The van der Waals surface area contributed by atoms with Crippen molar-refractivity contribution in [3.8, 4) is 5.75 Å². The van der Waals surface area contributed by atoms with E-state index in [1.54, 1.807) is 19.9 Å². The molecule has 0 aliphatic rings. The van der Waals surface area contributed by atoms with E-state index >= 15 is 0 Å². The van der Waals surface area contributed by atoms with Gasteiger partial charge in [-0.25, -0.2) is 0 Å². The van der Waals surface area contributed by atoms with E-state index in [1.807, 2.05) is 0 Å². The highest BCUT2D eigenvalue weighted by atomic mass is 35.5. The molecule has 0 saturated heterocycles. The van der Waals surface area contributed by atoms with E-state index in [0.29, 0.717) is 5.56 Å². The molecule has 0 radical (unpaired) electrons. The highest BCUT2D eigenvalue weighted by Crippen LogP contribution is 2.32. The standard InChI is InChI=1S/C14H12ClNO5S/c1-9-4-6-14(11(15)7-9)22(19,20)21-13-5-3-10(2)8-12(13)16(17)18/h3-8H,1-2H3. The normalized spacial score (nSPS) is 11.2. The molecule has 0 heterocycles. The molecule has 0 atom stereocenters. The largest absolute Gasteiger partial charge is 0.372 e. The molecule has 0 unspecified atom stereocenters. The Bertz CT molecular complexity index is 848. The molecule has 0 aliphatic heterocycles. The molecule has 2 aromatic rings. The van der Waals surface area contributed by atoms with E-state index in [2.05, 4.69) is 0 Å². The number of rotatable bonds is 4. The van der Waals surface area contributed by atoms with E-state index in [1.165, 1.54) is 30.3 Å². The predicted molar refractivity (Wildman–Crippen MR) is 81.8 cm³/mol. The molecule has 8 heteroatoms. The molecule has 0 spiro atoms. The first kappa shape index (κ1) is 16.3. The highest BCUT2D eigenvalue weighted by Gasteiger charge is 2.25. The number of benzene rings is 2. The van der Waals surface area contributed by atoms with Crippen molar-refractivity contribution in [2.24, 2.45) is 0 Å². The average molecular weight is 342 g/mol. The van der Waals surface area contributed by atoms with Gasteiger partial charge in [-0.2, -0.15) is 8.42 Å². The van der Waals surface area contributed by atoms with E-state index < -0.39 is 20.7 Å². The molecule has 22 heavy (non-hydrogen) atoms. The number of nitro groups is 1. The Hall–Kier alpha value is -2.12. The second kappa shape index (κ2) is 5.94. The zero-order valence-corrected chi connectivity index (χ0v) is 13.3. The Morgan fingerprint density at radius 3 is 2.27 bits per heavy atom. The molecule has 0 N–H and O–H groups in total. The van der Waals surface area contributed by atoms with Crippen LogP contribution in [0.4, 0.5) is 5.69 Å². The first-order valence-electron chi connectivity index (χ1n) is 6.16. The molecule has 0 saturated carbocycles.